The molecule has 0 heterocycles. The minimum absolute atomic E-state index is 0.266. The number of nitriles is 2. The third-order valence-corrected chi connectivity index (χ3v) is 4.95. The fraction of sp³-hybridized carbons (Fsp3) is 0.667. The number of unbranched alkanes of at least 4 members (excludes halogenated alkanes) is 5. The Morgan fingerprint density at radius 1 is 0.963 bits per heavy atom. The normalized spacial score (nSPS) is 10.7. The summed E-state index contributed by atoms with van der Waals surface area (Å²) in [5, 5.41) is 34.8. The van der Waals surface area contributed by atoms with Crippen LogP contribution in [0.2, 0.25) is 0 Å². The van der Waals surface area contributed by atoms with Gasteiger partial charge >= 0.3 is 0 Å². The van der Waals surface area contributed by atoms with E-state index in [-0.39, 0.29) is 18.5 Å². The van der Waals surface area contributed by atoms with Crippen molar-refractivity contribution in [3.05, 3.63) is 11.0 Å². The van der Waals surface area contributed by atoms with Crippen LogP contribution in [0.1, 0.15) is 58.3 Å². The molecule has 0 aromatic rings. The number of hydrogen-bond acceptors (Lipinski definition) is 5. The summed E-state index contributed by atoms with van der Waals surface area (Å²) in [5.41, 5.74) is 11.7. The van der Waals surface area contributed by atoms with Gasteiger partial charge in [-0.2, -0.15) is 10.5 Å². The van der Waals surface area contributed by atoms with Crippen LogP contribution >= 0.6 is 11.8 Å². The third-order valence-electron chi connectivity index (χ3n) is 3.93. The van der Waals surface area contributed by atoms with Gasteiger partial charge < -0.3 is 11.5 Å². The maximum Gasteiger partial charge on any atom is 0.202 e. The van der Waals surface area contributed by atoms with Gasteiger partial charge in [0.15, 0.2) is 12.4 Å². The SMILES string of the molecule is CCCCCCCCSC=C(CCCN(C#N)C(=N)N)CN(C#N)C(=N)N. The second-order valence-electron chi connectivity index (χ2n) is 6.23. The van der Waals surface area contributed by atoms with Crippen molar-refractivity contribution in [2.24, 2.45) is 11.5 Å². The summed E-state index contributed by atoms with van der Waals surface area (Å²) >= 11 is 1.71. The molecule has 0 amide bonds. The van der Waals surface area contributed by atoms with E-state index >= 15 is 0 Å². The van der Waals surface area contributed by atoms with E-state index in [9.17, 15) is 0 Å². The van der Waals surface area contributed by atoms with Gasteiger partial charge in [0, 0.05) is 6.54 Å². The first kappa shape index (κ1) is 24.6. The van der Waals surface area contributed by atoms with E-state index in [0.29, 0.717) is 19.4 Å². The van der Waals surface area contributed by atoms with Crippen LogP contribution in [0.5, 0.6) is 0 Å². The van der Waals surface area contributed by atoms with Crippen molar-refractivity contribution < 1.29 is 0 Å². The van der Waals surface area contributed by atoms with Crippen LogP contribution in [0, 0.1) is 33.7 Å². The van der Waals surface area contributed by atoms with Crippen molar-refractivity contribution in [3.63, 3.8) is 0 Å². The van der Waals surface area contributed by atoms with Crippen molar-refractivity contribution in [2.45, 2.75) is 58.3 Å². The lowest BCUT2D eigenvalue weighted by Crippen LogP contribution is -2.34. The van der Waals surface area contributed by atoms with E-state index in [0.717, 1.165) is 27.5 Å². The molecule has 0 radical (unpaired) electrons. The number of nitrogens with zero attached hydrogens (tertiary/aromatic N) is 4. The highest BCUT2D eigenvalue weighted by molar-refractivity contribution is 8.02. The summed E-state index contributed by atoms with van der Waals surface area (Å²) in [6, 6.07) is 0. The Morgan fingerprint density at radius 2 is 1.56 bits per heavy atom. The summed E-state index contributed by atoms with van der Waals surface area (Å²) in [7, 11) is 0. The molecule has 0 aromatic heterocycles. The fourth-order valence-electron chi connectivity index (χ4n) is 2.38. The molecular formula is C18H32N8S. The number of rotatable bonds is 14. The number of hydrogen-bond donors (Lipinski definition) is 4. The van der Waals surface area contributed by atoms with Crippen LogP contribution in [0.3, 0.4) is 0 Å². The molecule has 27 heavy (non-hydrogen) atoms. The van der Waals surface area contributed by atoms with Crippen LogP contribution in [-0.4, -0.2) is 40.6 Å². The van der Waals surface area contributed by atoms with Crippen LogP contribution in [-0.2, 0) is 0 Å². The van der Waals surface area contributed by atoms with E-state index in [4.69, 9.17) is 32.8 Å². The van der Waals surface area contributed by atoms with Gasteiger partial charge in [0.05, 0.1) is 6.54 Å². The predicted octanol–water partition coefficient (Wildman–Crippen LogP) is 3.10. The van der Waals surface area contributed by atoms with E-state index in [1.807, 2.05) is 17.8 Å². The Bertz CT molecular complexity index is 561. The molecule has 8 nitrogen and oxygen atoms in total. The number of nitrogens with one attached hydrogen (secondary N) is 2. The Balaban J connectivity index is 4.51. The van der Waals surface area contributed by atoms with Gasteiger partial charge in [0.25, 0.3) is 0 Å². The molecule has 0 rings (SSSR count). The van der Waals surface area contributed by atoms with Crippen LogP contribution in [0.25, 0.3) is 0 Å². The van der Waals surface area contributed by atoms with E-state index < -0.39 is 0 Å². The quantitative estimate of drug-likeness (QED) is 0.116. The topological polar surface area (TPSA) is 154 Å². The first-order chi connectivity index (χ1) is 13.0. The van der Waals surface area contributed by atoms with Crippen molar-refractivity contribution in [2.75, 3.05) is 18.8 Å². The van der Waals surface area contributed by atoms with Gasteiger partial charge in [0.1, 0.15) is 0 Å². The highest BCUT2D eigenvalue weighted by Crippen LogP contribution is 2.17. The highest BCUT2D eigenvalue weighted by Gasteiger charge is 2.10. The Labute approximate surface area is 167 Å². The standard InChI is InChI=1S/C18H32N8S/c1-2-3-4-5-6-7-11-27-13-16(12-26(15-20)18(23)24)9-8-10-25(14-19)17(21)22/h13H,2-12H2,1H3,(H3,21,22)(H3,23,24). The average molecular weight is 393 g/mol. The lowest BCUT2D eigenvalue weighted by atomic mass is 10.1. The van der Waals surface area contributed by atoms with Crippen molar-refractivity contribution in [3.8, 4) is 12.4 Å². The molecule has 0 aliphatic carbocycles. The lowest BCUT2D eigenvalue weighted by Gasteiger charge is -2.17. The van der Waals surface area contributed by atoms with Crippen LogP contribution in [0.15, 0.2) is 11.0 Å². The predicted molar refractivity (Wildman–Crippen MR) is 112 cm³/mol. The second kappa shape index (κ2) is 15.8. The molecule has 0 fully saturated rings. The third kappa shape index (κ3) is 12.6. The minimum atomic E-state index is -0.285. The molecule has 0 unspecified atom stereocenters. The Kier molecular flexibility index (Phi) is 14.4. The molecule has 150 valence electrons. The maximum absolute atomic E-state index is 9.11. The summed E-state index contributed by atoms with van der Waals surface area (Å²) in [5.74, 6) is 0.453. The maximum atomic E-state index is 9.11. The van der Waals surface area contributed by atoms with Crippen LogP contribution < -0.4 is 11.5 Å². The molecule has 0 spiro atoms. The zero-order valence-electron chi connectivity index (χ0n) is 16.2. The summed E-state index contributed by atoms with van der Waals surface area (Å²) in [6.45, 7) is 2.82. The minimum Gasteiger partial charge on any atom is -0.369 e. The van der Waals surface area contributed by atoms with Gasteiger partial charge in [-0.15, -0.1) is 11.8 Å². The molecule has 9 heteroatoms. The lowest BCUT2D eigenvalue weighted by molar-refractivity contribution is 0.526. The fourth-order valence-corrected chi connectivity index (χ4v) is 3.30. The summed E-state index contributed by atoms with van der Waals surface area (Å²) in [4.78, 5) is 2.25. The molecule has 0 saturated heterocycles. The number of nitrogens with two attached hydrogens (primary N) is 2. The monoisotopic (exact) mass is 392 g/mol. The van der Waals surface area contributed by atoms with Gasteiger partial charge in [-0.05, 0) is 36.0 Å². The Morgan fingerprint density at radius 3 is 2.11 bits per heavy atom. The molecule has 6 N–H and O–H groups in total. The molecule has 0 atom stereocenters. The van der Waals surface area contributed by atoms with E-state index in [1.165, 1.54) is 32.1 Å². The molecule has 0 aromatic carbocycles. The van der Waals surface area contributed by atoms with Gasteiger partial charge in [0.2, 0.25) is 11.9 Å². The average Bonchev–Trinajstić information content (AvgIpc) is 2.63. The Hall–Kier alpha value is -2.39. The van der Waals surface area contributed by atoms with Crippen molar-refractivity contribution in [1.29, 1.82) is 21.3 Å². The highest BCUT2D eigenvalue weighted by atomic mass is 32.2. The molecule has 0 saturated carbocycles. The van der Waals surface area contributed by atoms with Gasteiger partial charge in [-0.25, -0.2) is 9.80 Å². The first-order valence-corrected chi connectivity index (χ1v) is 10.3. The molecule has 0 bridgehead atoms. The van der Waals surface area contributed by atoms with Gasteiger partial charge in [-0.3, -0.25) is 10.8 Å². The largest absolute Gasteiger partial charge is 0.369 e. The van der Waals surface area contributed by atoms with Crippen LogP contribution in [0.4, 0.5) is 0 Å². The zero-order chi connectivity index (χ0) is 20.5. The van der Waals surface area contributed by atoms with Crippen molar-refractivity contribution >= 4 is 23.7 Å². The summed E-state index contributed by atoms with van der Waals surface area (Å²) in [6.07, 6.45) is 12.5. The van der Waals surface area contributed by atoms with Gasteiger partial charge in [-0.1, -0.05) is 39.0 Å². The zero-order valence-corrected chi connectivity index (χ0v) is 17.0. The molecular weight excluding hydrogens is 360 g/mol. The van der Waals surface area contributed by atoms with E-state index in [1.54, 1.807) is 11.8 Å². The second-order valence-corrected chi connectivity index (χ2v) is 7.20. The summed E-state index contributed by atoms with van der Waals surface area (Å²) < 4.78 is 0. The number of guanidine groups is 2. The molecule has 0 aliphatic rings. The number of thioether (sulfide) groups is 1. The first-order valence-electron chi connectivity index (χ1n) is 9.28. The van der Waals surface area contributed by atoms with Crippen molar-refractivity contribution in [1.82, 2.24) is 9.80 Å². The smallest absolute Gasteiger partial charge is 0.202 e. The molecule has 0 aliphatic heterocycles. The van der Waals surface area contributed by atoms with E-state index in [2.05, 4.69) is 6.92 Å².